The molecule has 42 valence electrons. The van der Waals surface area contributed by atoms with Gasteiger partial charge in [0.2, 0.25) is 0 Å². The molecule has 0 aromatic heterocycles. The van der Waals surface area contributed by atoms with E-state index in [4.69, 9.17) is 0 Å². The van der Waals surface area contributed by atoms with Gasteiger partial charge in [-0.15, -0.1) is 0 Å². The summed E-state index contributed by atoms with van der Waals surface area (Å²) >= 11 is 0. The Morgan fingerprint density at radius 2 is 2.50 bits per heavy atom. The lowest BCUT2D eigenvalue weighted by Gasteiger charge is -2.13. The number of fused-ring (bicyclic) bond motifs is 2. The van der Waals surface area contributed by atoms with Crippen molar-refractivity contribution in [3.05, 3.63) is 12.2 Å². The Kier molecular flexibility index (Phi) is 0.677. The van der Waals surface area contributed by atoms with Gasteiger partial charge in [0.25, 0.3) is 0 Å². The Hall–Kier alpha value is -0.260. The minimum atomic E-state index is 0.449. The molecule has 2 unspecified atom stereocenters. The summed E-state index contributed by atoms with van der Waals surface area (Å²) < 4.78 is 0. The first-order valence-corrected chi connectivity index (χ1v) is 3.31. The Labute approximate surface area is 50.6 Å². The standard InChI is InChI=1S/C8H10/c1-8-4-2-7(6-8)3-5-8/h7H,2,4,6H2,1H3. The van der Waals surface area contributed by atoms with Crippen molar-refractivity contribution in [2.24, 2.45) is 11.3 Å². The van der Waals surface area contributed by atoms with E-state index < -0.39 is 0 Å². The zero-order valence-corrected chi connectivity index (χ0v) is 5.20. The minimum Gasteiger partial charge on any atom is -0.0555 e. The van der Waals surface area contributed by atoms with Gasteiger partial charge in [0.1, 0.15) is 0 Å². The Morgan fingerprint density at radius 3 is 2.62 bits per heavy atom. The van der Waals surface area contributed by atoms with Crippen LogP contribution in [-0.4, -0.2) is 0 Å². The molecule has 0 aromatic carbocycles. The molecule has 0 aromatic rings. The molecule has 0 N–H and O–H groups in total. The fourth-order valence-electron chi connectivity index (χ4n) is 1.75. The third-order valence-electron chi connectivity index (χ3n) is 2.32. The van der Waals surface area contributed by atoms with E-state index in [9.17, 15) is 0 Å². The topological polar surface area (TPSA) is 0 Å². The molecule has 2 rings (SSSR count). The average molecular weight is 106 g/mol. The maximum absolute atomic E-state index is 3.28. The van der Waals surface area contributed by atoms with Crippen LogP contribution in [-0.2, 0) is 0 Å². The molecule has 2 aliphatic rings. The molecule has 0 spiro atoms. The monoisotopic (exact) mass is 106 g/mol. The quantitative estimate of drug-likeness (QED) is 0.443. The molecular weight excluding hydrogens is 96.1 g/mol. The van der Waals surface area contributed by atoms with Crippen molar-refractivity contribution in [3.8, 4) is 0 Å². The smallest absolute Gasteiger partial charge is 0.00632 e. The Morgan fingerprint density at radius 1 is 1.62 bits per heavy atom. The molecule has 2 aliphatic carbocycles. The molecule has 2 radical (unpaired) electrons. The van der Waals surface area contributed by atoms with E-state index in [0.717, 1.165) is 5.92 Å². The van der Waals surface area contributed by atoms with Crippen LogP contribution < -0.4 is 0 Å². The molecule has 1 saturated carbocycles. The number of rotatable bonds is 0. The Balaban J connectivity index is 2.33. The number of allylic oxidation sites excluding steroid dienone is 2. The lowest BCUT2D eigenvalue weighted by Crippen LogP contribution is -2.03. The molecule has 0 aliphatic heterocycles. The highest BCUT2D eigenvalue weighted by molar-refractivity contribution is 5.03. The molecule has 0 saturated heterocycles. The lowest BCUT2D eigenvalue weighted by molar-refractivity contribution is 0.439. The molecule has 0 heterocycles. The summed E-state index contributed by atoms with van der Waals surface area (Å²) in [5.74, 6) is 0.778. The summed E-state index contributed by atoms with van der Waals surface area (Å²) in [7, 11) is 0. The van der Waals surface area contributed by atoms with Gasteiger partial charge in [-0.1, -0.05) is 6.92 Å². The first kappa shape index (κ1) is 4.60. The van der Waals surface area contributed by atoms with Crippen LogP contribution in [0.3, 0.4) is 0 Å². The number of hydrogen-bond acceptors (Lipinski definition) is 0. The summed E-state index contributed by atoms with van der Waals surface area (Å²) in [6, 6.07) is 0. The van der Waals surface area contributed by atoms with Crippen molar-refractivity contribution >= 4 is 0 Å². The normalized spacial score (nSPS) is 50.9. The van der Waals surface area contributed by atoms with Crippen molar-refractivity contribution in [1.82, 2.24) is 0 Å². The molecule has 8 heavy (non-hydrogen) atoms. The van der Waals surface area contributed by atoms with Crippen LogP contribution in [0.25, 0.3) is 0 Å². The predicted octanol–water partition coefficient (Wildman–Crippen LogP) is 1.97. The van der Waals surface area contributed by atoms with E-state index in [2.05, 4.69) is 19.1 Å². The van der Waals surface area contributed by atoms with Gasteiger partial charge >= 0.3 is 0 Å². The lowest BCUT2D eigenvalue weighted by atomic mass is 9.91. The summed E-state index contributed by atoms with van der Waals surface area (Å²) in [4.78, 5) is 0. The molecule has 1 fully saturated rings. The van der Waals surface area contributed by atoms with Crippen molar-refractivity contribution in [1.29, 1.82) is 0 Å². The van der Waals surface area contributed by atoms with Crippen LogP contribution in [0, 0.1) is 23.5 Å². The van der Waals surface area contributed by atoms with Gasteiger partial charge in [0.05, 0.1) is 0 Å². The fourth-order valence-corrected chi connectivity index (χ4v) is 1.75. The summed E-state index contributed by atoms with van der Waals surface area (Å²) in [5, 5.41) is 0. The third-order valence-corrected chi connectivity index (χ3v) is 2.32. The number of hydrogen-bond donors (Lipinski definition) is 0. The van der Waals surface area contributed by atoms with E-state index >= 15 is 0 Å². The van der Waals surface area contributed by atoms with Gasteiger partial charge in [-0.3, -0.25) is 0 Å². The van der Waals surface area contributed by atoms with Gasteiger partial charge < -0.3 is 0 Å². The highest BCUT2D eigenvalue weighted by atomic mass is 14.4. The van der Waals surface area contributed by atoms with E-state index in [0.29, 0.717) is 5.41 Å². The SMILES string of the molecule is CC12[C]=[C]C(CC1)C2. The van der Waals surface area contributed by atoms with Gasteiger partial charge in [-0.05, 0) is 42.7 Å². The molecule has 2 bridgehead atoms. The second-order valence-electron chi connectivity index (χ2n) is 3.27. The van der Waals surface area contributed by atoms with Crippen LogP contribution >= 0.6 is 0 Å². The van der Waals surface area contributed by atoms with E-state index in [1.54, 1.807) is 0 Å². The van der Waals surface area contributed by atoms with Crippen molar-refractivity contribution in [3.63, 3.8) is 0 Å². The zero-order valence-electron chi connectivity index (χ0n) is 5.20. The zero-order chi connectivity index (χ0) is 5.61. The van der Waals surface area contributed by atoms with Gasteiger partial charge in [0, 0.05) is 0 Å². The fraction of sp³-hybridized carbons (Fsp3) is 0.750. The van der Waals surface area contributed by atoms with Crippen molar-refractivity contribution in [2.75, 3.05) is 0 Å². The molecular formula is C8H10. The van der Waals surface area contributed by atoms with E-state index in [1.807, 2.05) is 0 Å². The predicted molar refractivity (Wildman–Crippen MR) is 31.9 cm³/mol. The summed E-state index contributed by atoms with van der Waals surface area (Å²) in [6.45, 7) is 2.28. The molecule has 0 heteroatoms. The second kappa shape index (κ2) is 1.18. The molecule has 0 amide bonds. The largest absolute Gasteiger partial charge is 0.0555 e. The maximum atomic E-state index is 3.28. The average Bonchev–Trinajstić information content (AvgIpc) is 2.21. The highest BCUT2D eigenvalue weighted by Crippen LogP contribution is 2.47. The van der Waals surface area contributed by atoms with Gasteiger partial charge in [0.15, 0.2) is 0 Å². The minimum absolute atomic E-state index is 0.449. The summed E-state index contributed by atoms with van der Waals surface area (Å²) in [5.41, 5.74) is 0.449. The van der Waals surface area contributed by atoms with E-state index in [1.165, 1.54) is 19.3 Å². The third kappa shape index (κ3) is 0.460. The van der Waals surface area contributed by atoms with Crippen LogP contribution in [0.2, 0.25) is 0 Å². The Bertz CT molecular complexity index is 135. The summed E-state index contributed by atoms with van der Waals surface area (Å²) in [6.07, 6.45) is 10.6. The van der Waals surface area contributed by atoms with Crippen molar-refractivity contribution in [2.45, 2.75) is 26.2 Å². The van der Waals surface area contributed by atoms with Gasteiger partial charge in [-0.2, -0.15) is 0 Å². The molecule has 0 nitrogen and oxygen atoms in total. The highest BCUT2D eigenvalue weighted by Gasteiger charge is 2.37. The van der Waals surface area contributed by atoms with Crippen LogP contribution in [0.15, 0.2) is 0 Å². The first-order chi connectivity index (χ1) is 3.79. The van der Waals surface area contributed by atoms with Crippen LogP contribution in [0.5, 0.6) is 0 Å². The van der Waals surface area contributed by atoms with Gasteiger partial charge in [-0.25, -0.2) is 0 Å². The van der Waals surface area contributed by atoms with Crippen molar-refractivity contribution < 1.29 is 0 Å². The van der Waals surface area contributed by atoms with Crippen LogP contribution in [0.4, 0.5) is 0 Å². The second-order valence-corrected chi connectivity index (χ2v) is 3.27. The maximum Gasteiger partial charge on any atom is -0.00632 e. The molecule has 2 atom stereocenters. The van der Waals surface area contributed by atoms with Crippen LogP contribution in [0.1, 0.15) is 26.2 Å². The first-order valence-electron chi connectivity index (χ1n) is 3.31. The van der Waals surface area contributed by atoms with E-state index in [-0.39, 0.29) is 0 Å².